The van der Waals surface area contributed by atoms with Crippen molar-refractivity contribution in [3.8, 4) is 11.5 Å². The molecule has 2 aromatic carbocycles. The number of fused-ring (bicyclic) bond motifs is 1. The molecule has 1 amide bonds. The minimum Gasteiger partial charge on any atom is -0.482 e. The molecule has 28 heavy (non-hydrogen) atoms. The van der Waals surface area contributed by atoms with Crippen LogP contribution in [0.15, 0.2) is 57.7 Å². The van der Waals surface area contributed by atoms with E-state index in [4.69, 9.17) is 19.6 Å². The molecule has 0 unspecified atom stereocenters. The summed E-state index contributed by atoms with van der Waals surface area (Å²) in [5.41, 5.74) is 5.38. The quantitative estimate of drug-likeness (QED) is 0.399. The van der Waals surface area contributed by atoms with E-state index in [-0.39, 0.29) is 23.5 Å². The van der Waals surface area contributed by atoms with Gasteiger partial charge < -0.3 is 19.6 Å². The van der Waals surface area contributed by atoms with Gasteiger partial charge in [-0.05, 0) is 41.8 Å². The standard InChI is InChI=1S/C21H19NO6/c1-12(2)13-3-6-15(7-4-13)26-11-19(23)27-16-8-5-14-9-17(20(22)24)21(25)28-18(14)10-16/h3-10,12H,11H2,1-2H3,(H2,22,24). The minimum absolute atomic E-state index is 0.172. The third-order valence-electron chi connectivity index (χ3n) is 4.11. The van der Waals surface area contributed by atoms with E-state index in [1.807, 2.05) is 12.1 Å². The number of carbonyl (C=O) groups is 2. The van der Waals surface area contributed by atoms with Gasteiger partial charge in [-0.25, -0.2) is 9.59 Å². The number of rotatable bonds is 6. The molecule has 0 saturated carbocycles. The number of carbonyl (C=O) groups excluding carboxylic acids is 2. The van der Waals surface area contributed by atoms with Gasteiger partial charge in [-0.1, -0.05) is 26.0 Å². The number of amides is 1. The van der Waals surface area contributed by atoms with Crippen LogP contribution in [0.1, 0.15) is 35.7 Å². The smallest absolute Gasteiger partial charge is 0.349 e. The first kappa shape index (κ1) is 19.2. The van der Waals surface area contributed by atoms with Crippen LogP contribution in [0.2, 0.25) is 0 Å². The molecule has 2 N–H and O–H groups in total. The molecule has 0 bridgehead atoms. The number of hydrogen-bond donors (Lipinski definition) is 1. The summed E-state index contributed by atoms with van der Waals surface area (Å²) in [5.74, 6) is -0.324. The van der Waals surface area contributed by atoms with E-state index in [0.717, 1.165) is 0 Å². The molecular formula is C21H19NO6. The predicted molar refractivity (Wildman–Crippen MR) is 103 cm³/mol. The molecule has 0 saturated heterocycles. The summed E-state index contributed by atoms with van der Waals surface area (Å²) in [7, 11) is 0. The molecule has 1 heterocycles. The van der Waals surface area contributed by atoms with Crippen molar-refractivity contribution >= 4 is 22.8 Å². The third-order valence-corrected chi connectivity index (χ3v) is 4.11. The SMILES string of the molecule is CC(C)c1ccc(OCC(=O)Oc2ccc3cc(C(N)=O)c(=O)oc3c2)cc1. The Bertz CT molecular complexity index is 1080. The number of hydrogen-bond acceptors (Lipinski definition) is 6. The third kappa shape index (κ3) is 4.37. The molecule has 7 nitrogen and oxygen atoms in total. The maximum absolute atomic E-state index is 12.0. The average molecular weight is 381 g/mol. The monoisotopic (exact) mass is 381 g/mol. The van der Waals surface area contributed by atoms with Crippen LogP contribution >= 0.6 is 0 Å². The fourth-order valence-electron chi connectivity index (χ4n) is 2.58. The van der Waals surface area contributed by atoms with Crippen molar-refractivity contribution in [2.75, 3.05) is 6.61 Å². The van der Waals surface area contributed by atoms with Crippen LogP contribution in [0.5, 0.6) is 11.5 Å². The van der Waals surface area contributed by atoms with Crippen LogP contribution < -0.4 is 20.8 Å². The zero-order valence-corrected chi connectivity index (χ0v) is 15.4. The zero-order chi connectivity index (χ0) is 20.3. The van der Waals surface area contributed by atoms with Crippen molar-refractivity contribution in [2.45, 2.75) is 19.8 Å². The lowest BCUT2D eigenvalue weighted by atomic mass is 10.0. The summed E-state index contributed by atoms with van der Waals surface area (Å²) in [4.78, 5) is 34.9. The Morgan fingerprint density at radius 2 is 1.71 bits per heavy atom. The Morgan fingerprint density at radius 3 is 2.36 bits per heavy atom. The lowest BCUT2D eigenvalue weighted by molar-refractivity contribution is -0.136. The van der Waals surface area contributed by atoms with Gasteiger partial charge in [0.1, 0.15) is 22.6 Å². The first-order valence-electron chi connectivity index (χ1n) is 8.64. The summed E-state index contributed by atoms with van der Waals surface area (Å²) < 4.78 is 15.7. The fourth-order valence-corrected chi connectivity index (χ4v) is 2.58. The molecule has 0 atom stereocenters. The molecular weight excluding hydrogens is 362 g/mol. The minimum atomic E-state index is -0.871. The van der Waals surface area contributed by atoms with Crippen molar-refractivity contribution in [1.29, 1.82) is 0 Å². The first-order chi connectivity index (χ1) is 13.3. The maximum atomic E-state index is 12.0. The maximum Gasteiger partial charge on any atom is 0.349 e. The normalized spacial score (nSPS) is 10.8. The Labute approximate surface area is 160 Å². The highest BCUT2D eigenvalue weighted by Gasteiger charge is 2.12. The number of ether oxygens (including phenoxy) is 2. The predicted octanol–water partition coefficient (Wildman–Crippen LogP) is 3.00. The second kappa shape index (κ2) is 7.96. The van der Waals surface area contributed by atoms with Gasteiger partial charge in [0.25, 0.3) is 5.91 Å². The molecule has 0 aliphatic carbocycles. The average Bonchev–Trinajstić information content (AvgIpc) is 2.65. The van der Waals surface area contributed by atoms with E-state index in [2.05, 4.69) is 13.8 Å². The molecule has 3 aromatic rings. The Hall–Kier alpha value is -3.61. The Kier molecular flexibility index (Phi) is 5.44. The van der Waals surface area contributed by atoms with Crippen molar-refractivity contribution in [2.24, 2.45) is 5.73 Å². The largest absolute Gasteiger partial charge is 0.482 e. The van der Waals surface area contributed by atoms with Crippen LogP contribution in [-0.2, 0) is 4.79 Å². The van der Waals surface area contributed by atoms with Gasteiger partial charge in [0.2, 0.25) is 0 Å². The molecule has 0 radical (unpaired) electrons. The molecule has 3 rings (SSSR count). The Balaban J connectivity index is 1.66. The number of primary amides is 1. The van der Waals surface area contributed by atoms with Crippen LogP contribution in [0.25, 0.3) is 11.0 Å². The highest BCUT2D eigenvalue weighted by Crippen LogP contribution is 2.21. The van der Waals surface area contributed by atoms with E-state index in [1.165, 1.54) is 23.8 Å². The summed E-state index contributed by atoms with van der Waals surface area (Å²) in [5, 5.41) is 0.481. The summed E-state index contributed by atoms with van der Waals surface area (Å²) in [6.45, 7) is 3.91. The molecule has 0 fully saturated rings. The highest BCUT2D eigenvalue weighted by atomic mass is 16.6. The Morgan fingerprint density at radius 1 is 1.04 bits per heavy atom. The summed E-state index contributed by atoms with van der Waals surface area (Å²) in [6, 6.07) is 13.3. The molecule has 1 aromatic heterocycles. The number of nitrogens with two attached hydrogens (primary N) is 1. The van der Waals surface area contributed by atoms with Gasteiger partial charge in [-0.2, -0.15) is 0 Å². The molecule has 0 aliphatic rings. The molecule has 0 aliphatic heterocycles. The van der Waals surface area contributed by atoms with E-state index in [0.29, 0.717) is 17.1 Å². The summed E-state index contributed by atoms with van der Waals surface area (Å²) >= 11 is 0. The highest BCUT2D eigenvalue weighted by molar-refractivity contribution is 5.95. The molecule has 0 spiro atoms. The van der Waals surface area contributed by atoms with Crippen molar-refractivity contribution in [1.82, 2.24) is 0 Å². The fraction of sp³-hybridized carbons (Fsp3) is 0.190. The van der Waals surface area contributed by atoms with E-state index < -0.39 is 17.5 Å². The molecule has 7 heteroatoms. The lowest BCUT2D eigenvalue weighted by Gasteiger charge is -2.09. The van der Waals surface area contributed by atoms with Gasteiger partial charge in [-0.15, -0.1) is 0 Å². The van der Waals surface area contributed by atoms with Crippen LogP contribution in [0.4, 0.5) is 0 Å². The van der Waals surface area contributed by atoms with Crippen molar-refractivity contribution in [3.05, 3.63) is 70.1 Å². The second-order valence-electron chi connectivity index (χ2n) is 6.50. The number of benzene rings is 2. The van der Waals surface area contributed by atoms with Crippen molar-refractivity contribution in [3.63, 3.8) is 0 Å². The summed E-state index contributed by atoms with van der Waals surface area (Å²) in [6.07, 6.45) is 0. The van der Waals surface area contributed by atoms with Gasteiger partial charge in [0.15, 0.2) is 6.61 Å². The lowest BCUT2D eigenvalue weighted by Crippen LogP contribution is -2.20. The van der Waals surface area contributed by atoms with Gasteiger partial charge in [-0.3, -0.25) is 4.79 Å². The first-order valence-corrected chi connectivity index (χ1v) is 8.64. The number of esters is 1. The topological polar surface area (TPSA) is 109 Å². The van der Waals surface area contributed by atoms with Gasteiger partial charge >= 0.3 is 11.6 Å². The van der Waals surface area contributed by atoms with Gasteiger partial charge in [0, 0.05) is 11.5 Å². The van der Waals surface area contributed by atoms with Gasteiger partial charge in [0.05, 0.1) is 0 Å². The van der Waals surface area contributed by atoms with E-state index in [1.54, 1.807) is 18.2 Å². The van der Waals surface area contributed by atoms with Crippen LogP contribution in [0.3, 0.4) is 0 Å². The second-order valence-corrected chi connectivity index (χ2v) is 6.50. The molecule has 144 valence electrons. The van der Waals surface area contributed by atoms with Crippen LogP contribution in [-0.4, -0.2) is 18.5 Å². The van der Waals surface area contributed by atoms with Crippen LogP contribution in [0, 0.1) is 0 Å². The zero-order valence-electron chi connectivity index (χ0n) is 15.4. The van der Waals surface area contributed by atoms with Crippen molar-refractivity contribution < 1.29 is 23.5 Å². The van der Waals surface area contributed by atoms with E-state index in [9.17, 15) is 14.4 Å². The van der Waals surface area contributed by atoms with E-state index >= 15 is 0 Å².